The molecule has 0 saturated carbocycles. The van der Waals surface area contributed by atoms with Crippen LogP contribution in [0.2, 0.25) is 0 Å². The second kappa shape index (κ2) is 14.1. The van der Waals surface area contributed by atoms with Crippen molar-refractivity contribution in [2.75, 3.05) is 0 Å². The molecule has 0 fully saturated rings. The van der Waals surface area contributed by atoms with Crippen LogP contribution in [0.3, 0.4) is 0 Å². The van der Waals surface area contributed by atoms with E-state index in [9.17, 15) is 0 Å². The number of aromatic nitrogens is 6. The molecule has 4 heterocycles. The monoisotopic (exact) mass is 806 g/mol. The topological polar surface area (TPSA) is 53.5 Å². The van der Waals surface area contributed by atoms with Crippen molar-refractivity contribution in [2.24, 2.45) is 0 Å². The van der Waals surface area contributed by atoms with Crippen LogP contribution in [0.1, 0.15) is 18.7 Å². The summed E-state index contributed by atoms with van der Waals surface area (Å²) >= 11 is 0. The van der Waals surface area contributed by atoms with Gasteiger partial charge in [-0.15, -0.1) is 0 Å². The van der Waals surface area contributed by atoms with Gasteiger partial charge in [-0.3, -0.25) is 0 Å². The summed E-state index contributed by atoms with van der Waals surface area (Å²) < 4.78 is 7.14. The van der Waals surface area contributed by atoms with Gasteiger partial charge >= 0.3 is 0 Å². The third-order valence-electron chi connectivity index (χ3n) is 12.8. The van der Waals surface area contributed by atoms with Gasteiger partial charge in [0, 0.05) is 65.9 Å². The highest BCUT2D eigenvalue weighted by Gasteiger charge is 2.25. The van der Waals surface area contributed by atoms with Crippen LogP contribution in [0.25, 0.3) is 106 Å². The van der Waals surface area contributed by atoms with E-state index in [2.05, 4.69) is 220 Å². The molecule has 0 N–H and O–H groups in total. The van der Waals surface area contributed by atoms with Crippen LogP contribution in [-0.2, 0) is 0 Å². The summed E-state index contributed by atoms with van der Waals surface area (Å²) in [7, 11) is 0. The molecule has 6 nitrogen and oxygen atoms in total. The molecule has 1 aliphatic rings. The van der Waals surface area contributed by atoms with Crippen molar-refractivity contribution in [3.05, 3.63) is 217 Å². The predicted octanol–water partition coefficient (Wildman–Crippen LogP) is 12.1. The van der Waals surface area contributed by atoms with Crippen molar-refractivity contribution in [2.45, 2.75) is 12.8 Å². The number of hydrogen-bond donors (Lipinski definition) is 0. The lowest BCUT2D eigenvalue weighted by atomic mass is 10.0. The molecule has 4 aromatic heterocycles. The summed E-state index contributed by atoms with van der Waals surface area (Å²) in [6, 6.07) is 71.1. The summed E-state index contributed by atoms with van der Waals surface area (Å²) in [4.78, 5) is 16.8. The first kappa shape index (κ1) is 35.4. The molecular formula is C57H38N6. The van der Waals surface area contributed by atoms with Crippen molar-refractivity contribution in [3.63, 3.8) is 0 Å². The van der Waals surface area contributed by atoms with Crippen molar-refractivity contribution >= 4 is 66.2 Å². The van der Waals surface area contributed by atoms with E-state index in [1.54, 1.807) is 0 Å². The summed E-state index contributed by atoms with van der Waals surface area (Å²) in [5.41, 5.74) is 11.8. The van der Waals surface area contributed by atoms with Gasteiger partial charge in [0.15, 0.2) is 17.5 Å². The van der Waals surface area contributed by atoms with Gasteiger partial charge in [0.25, 0.3) is 0 Å². The Labute approximate surface area is 362 Å². The Balaban J connectivity index is 1.19. The van der Waals surface area contributed by atoms with Crippen LogP contribution in [0, 0.1) is 0 Å². The fourth-order valence-corrected chi connectivity index (χ4v) is 10.2. The fourth-order valence-electron chi connectivity index (χ4n) is 10.2. The van der Waals surface area contributed by atoms with Crippen LogP contribution in [-0.4, -0.2) is 28.7 Å². The van der Waals surface area contributed by atoms with E-state index in [4.69, 9.17) is 15.0 Å². The Kier molecular flexibility index (Phi) is 7.93. The lowest BCUT2D eigenvalue weighted by Gasteiger charge is -2.16. The maximum atomic E-state index is 5.61. The number of benzene rings is 8. The first-order valence-corrected chi connectivity index (χ1v) is 21.6. The molecule has 1 aliphatic carbocycles. The molecule has 0 aliphatic heterocycles. The van der Waals surface area contributed by atoms with E-state index in [1.165, 1.54) is 21.4 Å². The Morgan fingerprint density at radius 3 is 1.24 bits per heavy atom. The Morgan fingerprint density at radius 2 is 0.730 bits per heavy atom. The van der Waals surface area contributed by atoms with Crippen LogP contribution in [0.4, 0.5) is 0 Å². The molecule has 0 bridgehead atoms. The first-order valence-electron chi connectivity index (χ1n) is 21.6. The molecule has 63 heavy (non-hydrogen) atoms. The largest absolute Gasteiger partial charge is 0.309 e. The molecule has 0 spiro atoms. The van der Waals surface area contributed by atoms with E-state index < -0.39 is 0 Å². The quantitative estimate of drug-likeness (QED) is 0.168. The molecular weight excluding hydrogens is 769 g/mol. The smallest absolute Gasteiger partial charge is 0.166 e. The van der Waals surface area contributed by atoms with Crippen molar-refractivity contribution in [1.29, 1.82) is 0 Å². The number of rotatable bonds is 6. The molecule has 6 heteroatoms. The molecule has 0 saturated heterocycles. The summed E-state index contributed by atoms with van der Waals surface area (Å²) in [6.07, 6.45) is 4.04. The van der Waals surface area contributed by atoms with Gasteiger partial charge < -0.3 is 13.7 Å². The third-order valence-corrected chi connectivity index (χ3v) is 12.8. The lowest BCUT2D eigenvalue weighted by Crippen LogP contribution is -2.34. The maximum Gasteiger partial charge on any atom is 0.166 e. The van der Waals surface area contributed by atoms with Gasteiger partial charge in [-0.05, 0) is 79.6 Å². The van der Waals surface area contributed by atoms with Gasteiger partial charge in [0.1, 0.15) is 0 Å². The van der Waals surface area contributed by atoms with Crippen LogP contribution < -0.4 is 10.6 Å². The summed E-state index contributed by atoms with van der Waals surface area (Å²) in [5, 5.41) is 8.22. The molecule has 0 unspecified atom stereocenters. The van der Waals surface area contributed by atoms with Gasteiger partial charge in [-0.1, -0.05) is 140 Å². The zero-order chi connectivity index (χ0) is 41.4. The summed E-state index contributed by atoms with van der Waals surface area (Å²) in [5.74, 6) is 1.94. The number of nitrogens with zero attached hydrogens (tertiary/aromatic N) is 6. The highest BCUT2D eigenvalue weighted by atomic mass is 15.1. The molecule has 0 atom stereocenters. The average Bonchev–Trinajstić information content (AvgIpc) is 4.01. The van der Waals surface area contributed by atoms with Gasteiger partial charge in [0.2, 0.25) is 0 Å². The lowest BCUT2D eigenvalue weighted by molar-refractivity contribution is 0.951. The first-order chi connectivity index (χ1) is 31.3. The minimum absolute atomic E-state index is 0.630. The zero-order valence-electron chi connectivity index (χ0n) is 34.2. The Bertz CT molecular complexity index is 3720. The van der Waals surface area contributed by atoms with E-state index >= 15 is 0 Å². The third kappa shape index (κ3) is 5.41. The van der Waals surface area contributed by atoms with E-state index in [1.807, 2.05) is 0 Å². The van der Waals surface area contributed by atoms with Crippen LogP contribution >= 0.6 is 0 Å². The van der Waals surface area contributed by atoms with Crippen LogP contribution in [0.5, 0.6) is 0 Å². The second-order valence-electron chi connectivity index (χ2n) is 16.3. The fraction of sp³-hybridized carbons (Fsp3) is 0.0351. The molecule has 13 rings (SSSR count). The minimum atomic E-state index is 0.630. The van der Waals surface area contributed by atoms with Crippen molar-refractivity contribution in [3.8, 4) is 39.8 Å². The predicted molar refractivity (Wildman–Crippen MR) is 258 cm³/mol. The highest BCUT2D eigenvalue weighted by molar-refractivity contribution is 6.15. The van der Waals surface area contributed by atoms with E-state index in [0.29, 0.717) is 17.5 Å². The van der Waals surface area contributed by atoms with Crippen LogP contribution in [0.15, 0.2) is 200 Å². The van der Waals surface area contributed by atoms with Gasteiger partial charge in [-0.25, -0.2) is 15.0 Å². The molecule has 0 amide bonds. The normalized spacial score (nSPS) is 12.7. The Morgan fingerprint density at radius 1 is 0.333 bits per heavy atom. The van der Waals surface area contributed by atoms with Crippen molar-refractivity contribution in [1.82, 2.24) is 28.7 Å². The average molecular weight is 807 g/mol. The SMILES string of the molecule is C1=c2c(n(-c3ccccc3)c3ccccc23)=C(c2nc(-c3cccc4c5ccccc5n(-c5ccccc5)c34)nc(-c3cccc4c5ccccc5n(-c5ccccc5)c34)n2)CC1. The van der Waals surface area contributed by atoms with E-state index in [0.717, 1.165) is 90.3 Å². The number of hydrogen-bond acceptors (Lipinski definition) is 3. The summed E-state index contributed by atoms with van der Waals surface area (Å²) in [6.45, 7) is 0. The minimum Gasteiger partial charge on any atom is -0.309 e. The standard InChI is InChI=1S/C57H38N6/c1-4-19-37(20-5-1)61-49-34-13-10-25-40(49)43-28-16-31-46(52(43)61)55-58-56(47-32-17-29-44-41-26-11-14-35-50(41)62(53(44)47)38-21-6-2-7-22-38)60-57(59-55)48-33-18-30-45-42-27-12-15-36-51(42)63(54(45)48)39-23-8-3-9-24-39/h1-17,19-32,34-36H,18,33H2. The molecule has 0 radical (unpaired) electrons. The number of fused-ring (bicyclic) bond motifs is 9. The molecule has 8 aromatic carbocycles. The second-order valence-corrected chi connectivity index (χ2v) is 16.3. The van der Waals surface area contributed by atoms with E-state index in [-0.39, 0.29) is 0 Å². The Hall–Kier alpha value is -8.35. The molecule has 296 valence electrons. The zero-order valence-corrected chi connectivity index (χ0v) is 34.2. The molecule has 12 aromatic rings. The van der Waals surface area contributed by atoms with Crippen molar-refractivity contribution < 1.29 is 0 Å². The van der Waals surface area contributed by atoms with Gasteiger partial charge in [-0.2, -0.15) is 0 Å². The van der Waals surface area contributed by atoms with Gasteiger partial charge in [0.05, 0.1) is 32.9 Å². The maximum absolute atomic E-state index is 5.61. The number of para-hydroxylation sites is 8. The highest BCUT2D eigenvalue weighted by Crippen LogP contribution is 2.40.